The smallest absolute Gasteiger partial charge is 0.335 e. The zero-order valence-corrected chi connectivity index (χ0v) is 12.9. The normalized spacial score (nSPS) is 9.17. The lowest BCUT2D eigenvalue weighted by Gasteiger charge is -1.94. The van der Waals surface area contributed by atoms with E-state index < -0.39 is 11.9 Å². The first-order valence-electron chi connectivity index (χ1n) is 6.26. The molecule has 2 aromatic rings. The maximum Gasteiger partial charge on any atom is 0.335 e. The molecule has 0 aliphatic rings. The van der Waals surface area contributed by atoms with Gasteiger partial charge in [0.15, 0.2) is 0 Å². The fraction of sp³-hybridized carbons (Fsp3) is 0. The first-order chi connectivity index (χ1) is 11.0. The topological polar surface area (TPSA) is 127 Å². The van der Waals surface area contributed by atoms with E-state index in [1.807, 2.05) is 36.4 Å². The highest BCUT2D eigenvalue weighted by molar-refractivity contribution is 6.27. The maximum absolute atomic E-state index is 10.3. The van der Waals surface area contributed by atoms with Crippen LogP contribution in [0.15, 0.2) is 60.1 Å². The van der Waals surface area contributed by atoms with Crippen molar-refractivity contribution in [3.63, 3.8) is 0 Å². The Morgan fingerprint density at radius 2 is 1.22 bits per heavy atom. The first-order valence-corrected chi connectivity index (χ1v) is 6.70. The van der Waals surface area contributed by atoms with Crippen molar-refractivity contribution in [3.8, 4) is 0 Å². The number of rotatable bonds is 3. The van der Waals surface area contributed by atoms with E-state index in [0.29, 0.717) is 0 Å². The van der Waals surface area contributed by atoms with Crippen LogP contribution in [-0.4, -0.2) is 22.2 Å². The van der Waals surface area contributed by atoms with Crippen LogP contribution in [0, 0.1) is 0 Å². The monoisotopic (exact) mass is 336 g/mol. The van der Waals surface area contributed by atoms with Crippen molar-refractivity contribution in [3.05, 3.63) is 76.8 Å². The highest BCUT2D eigenvalue weighted by atomic mass is 35.5. The molecule has 23 heavy (non-hydrogen) atoms. The van der Waals surface area contributed by atoms with E-state index in [-0.39, 0.29) is 11.1 Å². The molecular weight excluding hydrogens is 320 g/mol. The molecule has 6 nitrogen and oxygen atoms in total. The van der Waals surface area contributed by atoms with E-state index in [0.717, 1.165) is 5.56 Å². The van der Waals surface area contributed by atoms with Gasteiger partial charge in [-0.3, -0.25) is 11.7 Å². The number of halogens is 1. The fourth-order valence-electron chi connectivity index (χ4n) is 1.39. The Morgan fingerprint density at radius 3 is 1.52 bits per heavy atom. The van der Waals surface area contributed by atoms with Gasteiger partial charge in [-0.15, -0.1) is 0 Å². The predicted octanol–water partition coefficient (Wildman–Crippen LogP) is 2.80. The second kappa shape index (κ2) is 11.9. The summed E-state index contributed by atoms with van der Waals surface area (Å²) in [7, 11) is 0. The molecule has 2 rings (SSSR count). The van der Waals surface area contributed by atoms with Crippen molar-refractivity contribution in [2.24, 2.45) is 11.7 Å². The van der Waals surface area contributed by atoms with Crippen LogP contribution in [0.5, 0.6) is 0 Å². The van der Waals surface area contributed by atoms with Gasteiger partial charge in [0.1, 0.15) is 0 Å². The highest BCUT2D eigenvalue weighted by Gasteiger charge is 2.04. The SMILES string of the molecule is ClC=Cc1ccccc1.NN.O=C(O)c1ccc(C(=O)O)cc1. The van der Waals surface area contributed by atoms with Crippen LogP contribution in [-0.2, 0) is 0 Å². The first kappa shape index (κ1) is 20.3. The van der Waals surface area contributed by atoms with Crippen LogP contribution >= 0.6 is 11.6 Å². The minimum absolute atomic E-state index is 0.0833. The molecule has 0 bridgehead atoms. The highest BCUT2D eigenvalue weighted by Crippen LogP contribution is 2.03. The van der Waals surface area contributed by atoms with Crippen LogP contribution in [0.25, 0.3) is 6.08 Å². The number of benzene rings is 2. The lowest BCUT2D eigenvalue weighted by molar-refractivity contribution is 0.0681. The van der Waals surface area contributed by atoms with Crippen molar-refractivity contribution >= 4 is 29.6 Å². The third-order valence-electron chi connectivity index (χ3n) is 2.43. The zero-order valence-electron chi connectivity index (χ0n) is 12.1. The van der Waals surface area contributed by atoms with Gasteiger partial charge >= 0.3 is 11.9 Å². The van der Waals surface area contributed by atoms with Crippen molar-refractivity contribution in [1.29, 1.82) is 0 Å². The summed E-state index contributed by atoms with van der Waals surface area (Å²) in [6.45, 7) is 0. The number of aromatic carboxylic acids is 2. The number of hydrazine groups is 1. The van der Waals surface area contributed by atoms with E-state index in [9.17, 15) is 9.59 Å². The van der Waals surface area contributed by atoms with Crippen molar-refractivity contribution in [2.45, 2.75) is 0 Å². The third-order valence-corrected chi connectivity index (χ3v) is 2.56. The van der Waals surface area contributed by atoms with Gasteiger partial charge in [0.2, 0.25) is 0 Å². The Balaban J connectivity index is 0.000000392. The zero-order chi connectivity index (χ0) is 17.7. The third kappa shape index (κ3) is 8.37. The quantitative estimate of drug-likeness (QED) is 0.504. The van der Waals surface area contributed by atoms with Crippen molar-refractivity contribution in [1.82, 2.24) is 0 Å². The van der Waals surface area contributed by atoms with Gasteiger partial charge in [-0.2, -0.15) is 0 Å². The molecule has 0 unspecified atom stereocenters. The number of hydrogen-bond donors (Lipinski definition) is 4. The van der Waals surface area contributed by atoms with Gasteiger partial charge in [-0.05, 0) is 35.9 Å². The van der Waals surface area contributed by atoms with Crippen molar-refractivity contribution < 1.29 is 19.8 Å². The van der Waals surface area contributed by atoms with Gasteiger partial charge in [0.05, 0.1) is 11.1 Å². The molecule has 6 N–H and O–H groups in total. The summed E-state index contributed by atoms with van der Waals surface area (Å²) < 4.78 is 0. The van der Waals surface area contributed by atoms with E-state index in [1.54, 1.807) is 0 Å². The molecule has 0 aliphatic heterocycles. The minimum Gasteiger partial charge on any atom is -0.478 e. The number of carboxylic acid groups (broad SMARTS) is 2. The minimum atomic E-state index is -1.06. The summed E-state index contributed by atoms with van der Waals surface area (Å²) in [5, 5.41) is 16.9. The number of carboxylic acids is 2. The second-order valence-corrected chi connectivity index (χ2v) is 4.14. The van der Waals surface area contributed by atoms with Crippen LogP contribution < -0.4 is 11.7 Å². The molecule has 0 saturated heterocycles. The van der Waals surface area contributed by atoms with E-state index in [2.05, 4.69) is 11.7 Å². The van der Waals surface area contributed by atoms with Gasteiger partial charge in [-0.1, -0.05) is 41.9 Å². The molecule has 0 heterocycles. The number of nitrogens with two attached hydrogens (primary N) is 2. The van der Waals surface area contributed by atoms with Crippen LogP contribution in [0.3, 0.4) is 0 Å². The molecule has 0 atom stereocenters. The Labute approximate surface area is 138 Å². The number of hydrogen-bond acceptors (Lipinski definition) is 4. The largest absolute Gasteiger partial charge is 0.478 e. The summed E-state index contributed by atoms with van der Waals surface area (Å²) in [6.07, 6.45) is 1.85. The fourth-order valence-corrected chi connectivity index (χ4v) is 1.54. The number of carbonyl (C=O) groups is 2. The van der Waals surface area contributed by atoms with E-state index in [1.165, 1.54) is 29.8 Å². The molecule has 0 radical (unpaired) electrons. The summed E-state index contributed by atoms with van der Waals surface area (Å²) in [4.78, 5) is 20.7. The summed E-state index contributed by atoms with van der Waals surface area (Å²) >= 11 is 5.36. The molecule has 122 valence electrons. The van der Waals surface area contributed by atoms with Gasteiger partial charge in [-0.25, -0.2) is 9.59 Å². The lowest BCUT2D eigenvalue weighted by atomic mass is 10.1. The molecule has 0 saturated carbocycles. The van der Waals surface area contributed by atoms with Crippen molar-refractivity contribution in [2.75, 3.05) is 0 Å². The van der Waals surface area contributed by atoms with Gasteiger partial charge in [0, 0.05) is 5.54 Å². The average molecular weight is 337 g/mol. The van der Waals surface area contributed by atoms with E-state index >= 15 is 0 Å². The predicted molar refractivity (Wildman–Crippen MR) is 90.1 cm³/mol. The Kier molecular flexibility index (Phi) is 10.5. The molecule has 0 aliphatic carbocycles. The molecular formula is C16H17ClN2O4. The van der Waals surface area contributed by atoms with E-state index in [4.69, 9.17) is 21.8 Å². The summed E-state index contributed by atoms with van der Waals surface area (Å²) in [5.41, 5.74) is 2.81. The average Bonchev–Trinajstić information content (AvgIpc) is 2.58. The molecule has 0 spiro atoms. The standard InChI is InChI=1S/C8H7Cl.C8H6O4.H4N2/c9-7-6-8-4-2-1-3-5-8;9-7(10)5-1-2-6(4-3-5)8(11)12;1-2/h1-7H;1-4H,(H,9,10)(H,11,12);1-2H2. The van der Waals surface area contributed by atoms with Gasteiger partial charge in [0.25, 0.3) is 0 Å². The Bertz CT molecular complexity index is 595. The summed E-state index contributed by atoms with van der Waals surface area (Å²) in [6, 6.07) is 15.0. The molecule has 0 fully saturated rings. The Hall–Kier alpha value is -2.67. The van der Waals surface area contributed by atoms with Crippen LogP contribution in [0.1, 0.15) is 26.3 Å². The molecule has 7 heteroatoms. The van der Waals surface area contributed by atoms with Crippen LogP contribution in [0.4, 0.5) is 0 Å². The van der Waals surface area contributed by atoms with Crippen LogP contribution in [0.2, 0.25) is 0 Å². The van der Waals surface area contributed by atoms with Gasteiger partial charge < -0.3 is 10.2 Å². The molecule has 0 amide bonds. The second-order valence-electron chi connectivity index (χ2n) is 3.89. The maximum atomic E-state index is 10.3. The summed E-state index contributed by atoms with van der Waals surface area (Å²) in [5.74, 6) is 5.87. The Morgan fingerprint density at radius 1 is 0.826 bits per heavy atom. The lowest BCUT2D eigenvalue weighted by Crippen LogP contribution is -2.02. The molecule has 0 aromatic heterocycles. The molecule has 2 aromatic carbocycles.